The van der Waals surface area contributed by atoms with Gasteiger partial charge in [0.2, 0.25) is 0 Å². The van der Waals surface area contributed by atoms with Crippen LogP contribution < -0.4 is 17.0 Å². The van der Waals surface area contributed by atoms with Crippen molar-refractivity contribution in [1.29, 1.82) is 0 Å². The van der Waals surface area contributed by atoms with Crippen LogP contribution in [0.25, 0.3) is 10.2 Å². The highest BCUT2D eigenvalue weighted by Crippen LogP contribution is 2.32. The molecule has 6 heteroatoms. The molecule has 0 aromatic carbocycles. The molecule has 0 saturated heterocycles. The number of aromatic amines is 1. The molecule has 1 atom stereocenters. The zero-order valence-corrected chi connectivity index (χ0v) is 12.4. The maximum absolute atomic E-state index is 12.6. The fourth-order valence-electron chi connectivity index (χ4n) is 2.80. The summed E-state index contributed by atoms with van der Waals surface area (Å²) >= 11 is 1.56. The summed E-state index contributed by atoms with van der Waals surface area (Å²) in [5, 5.41) is 0.715. The lowest BCUT2D eigenvalue weighted by molar-refractivity contribution is 0.512. The number of nitrogens with one attached hydrogen (secondary N) is 1. The van der Waals surface area contributed by atoms with Gasteiger partial charge in [0.15, 0.2) is 0 Å². The molecule has 1 unspecified atom stereocenters. The number of H-pyrrole nitrogens is 1. The van der Waals surface area contributed by atoms with Crippen LogP contribution in [0, 0.1) is 0 Å². The van der Waals surface area contributed by atoms with Crippen molar-refractivity contribution in [2.24, 2.45) is 5.73 Å². The van der Waals surface area contributed by atoms with E-state index in [9.17, 15) is 9.59 Å². The van der Waals surface area contributed by atoms with Gasteiger partial charge in [0, 0.05) is 17.5 Å². The van der Waals surface area contributed by atoms with Crippen molar-refractivity contribution in [3.63, 3.8) is 0 Å². The minimum Gasteiger partial charge on any atom is -0.326 e. The Labute approximate surface area is 120 Å². The number of nitrogens with zero attached hydrogens (tertiary/aromatic N) is 1. The van der Waals surface area contributed by atoms with Gasteiger partial charge in [-0.05, 0) is 37.7 Å². The number of aryl methyl sites for hydroxylation is 2. The van der Waals surface area contributed by atoms with Gasteiger partial charge in [-0.15, -0.1) is 11.3 Å². The van der Waals surface area contributed by atoms with E-state index in [2.05, 4.69) is 4.98 Å². The molecular weight excluding hydrogens is 274 g/mol. The fraction of sp³-hybridized carbons (Fsp3) is 0.571. The van der Waals surface area contributed by atoms with Crippen LogP contribution in [0.15, 0.2) is 9.59 Å². The number of hydrogen-bond donors (Lipinski definition) is 2. The largest absolute Gasteiger partial charge is 0.329 e. The Morgan fingerprint density at radius 1 is 1.35 bits per heavy atom. The van der Waals surface area contributed by atoms with Gasteiger partial charge in [0.25, 0.3) is 5.56 Å². The summed E-state index contributed by atoms with van der Waals surface area (Å²) in [6.45, 7) is 2.24. The van der Waals surface area contributed by atoms with E-state index in [-0.39, 0.29) is 23.8 Å². The number of hydrogen-bond acceptors (Lipinski definition) is 4. The lowest BCUT2D eigenvalue weighted by Gasteiger charge is -2.12. The summed E-state index contributed by atoms with van der Waals surface area (Å²) in [5.41, 5.74) is 6.52. The van der Waals surface area contributed by atoms with E-state index in [4.69, 9.17) is 5.73 Å². The summed E-state index contributed by atoms with van der Waals surface area (Å²) < 4.78 is 1.26. The normalized spacial score (nSPS) is 16.3. The van der Waals surface area contributed by atoms with Crippen LogP contribution in [0.2, 0.25) is 0 Å². The molecule has 3 N–H and O–H groups in total. The first-order chi connectivity index (χ1) is 9.61. The van der Waals surface area contributed by atoms with E-state index in [0.29, 0.717) is 5.39 Å². The lowest BCUT2D eigenvalue weighted by atomic mass is 9.97. The van der Waals surface area contributed by atoms with Crippen LogP contribution in [0.4, 0.5) is 0 Å². The molecule has 5 nitrogen and oxygen atoms in total. The van der Waals surface area contributed by atoms with E-state index in [1.807, 2.05) is 6.92 Å². The predicted molar refractivity (Wildman–Crippen MR) is 81.6 cm³/mol. The van der Waals surface area contributed by atoms with Crippen molar-refractivity contribution in [3.05, 3.63) is 31.3 Å². The zero-order chi connectivity index (χ0) is 14.3. The second kappa shape index (κ2) is 5.18. The SMILES string of the molecule is CCC(N)Cn1c(=O)[nH]c2sc3c(c2c1=O)CCCC3. The Morgan fingerprint density at radius 3 is 2.85 bits per heavy atom. The Kier molecular flexibility index (Phi) is 3.52. The van der Waals surface area contributed by atoms with Crippen molar-refractivity contribution in [2.45, 2.75) is 51.6 Å². The molecule has 1 aliphatic rings. The molecule has 0 bridgehead atoms. The van der Waals surface area contributed by atoms with Crippen molar-refractivity contribution in [1.82, 2.24) is 9.55 Å². The summed E-state index contributed by atoms with van der Waals surface area (Å²) in [4.78, 5) is 29.6. The van der Waals surface area contributed by atoms with Gasteiger partial charge in [0.05, 0.1) is 5.39 Å². The average Bonchev–Trinajstić information content (AvgIpc) is 2.81. The van der Waals surface area contributed by atoms with Gasteiger partial charge in [-0.25, -0.2) is 4.79 Å². The van der Waals surface area contributed by atoms with Crippen LogP contribution in [0.1, 0.15) is 36.6 Å². The first-order valence-electron chi connectivity index (χ1n) is 7.14. The molecule has 0 aliphatic heterocycles. The quantitative estimate of drug-likeness (QED) is 0.896. The number of thiophene rings is 1. The van der Waals surface area contributed by atoms with Crippen molar-refractivity contribution in [3.8, 4) is 0 Å². The van der Waals surface area contributed by atoms with Gasteiger partial charge in [-0.3, -0.25) is 14.3 Å². The fourth-order valence-corrected chi connectivity index (χ4v) is 4.07. The molecule has 2 aromatic rings. The number of nitrogens with two attached hydrogens (primary N) is 1. The van der Waals surface area contributed by atoms with E-state index in [1.54, 1.807) is 11.3 Å². The van der Waals surface area contributed by atoms with Gasteiger partial charge in [-0.2, -0.15) is 0 Å². The third-order valence-electron chi connectivity index (χ3n) is 4.04. The minimum absolute atomic E-state index is 0.166. The smallest absolute Gasteiger partial charge is 0.326 e. The van der Waals surface area contributed by atoms with Gasteiger partial charge in [0.1, 0.15) is 4.83 Å². The molecule has 0 spiro atoms. The monoisotopic (exact) mass is 293 g/mol. The summed E-state index contributed by atoms with van der Waals surface area (Å²) in [6, 6.07) is -0.166. The molecule has 0 saturated carbocycles. The molecule has 20 heavy (non-hydrogen) atoms. The van der Waals surface area contributed by atoms with E-state index in [1.165, 1.54) is 15.9 Å². The highest BCUT2D eigenvalue weighted by Gasteiger charge is 2.21. The van der Waals surface area contributed by atoms with E-state index < -0.39 is 0 Å². The molecule has 0 radical (unpaired) electrons. The molecule has 2 aromatic heterocycles. The molecular formula is C14H19N3O2S. The van der Waals surface area contributed by atoms with Crippen LogP contribution in [-0.2, 0) is 19.4 Å². The van der Waals surface area contributed by atoms with Gasteiger partial charge in [-0.1, -0.05) is 6.92 Å². The van der Waals surface area contributed by atoms with Crippen molar-refractivity contribution in [2.75, 3.05) is 0 Å². The van der Waals surface area contributed by atoms with E-state index in [0.717, 1.165) is 36.1 Å². The van der Waals surface area contributed by atoms with Crippen LogP contribution in [0.3, 0.4) is 0 Å². The maximum atomic E-state index is 12.6. The molecule has 2 heterocycles. The van der Waals surface area contributed by atoms with E-state index >= 15 is 0 Å². The maximum Gasteiger partial charge on any atom is 0.329 e. The lowest BCUT2D eigenvalue weighted by Crippen LogP contribution is -2.40. The van der Waals surface area contributed by atoms with Gasteiger partial charge < -0.3 is 5.73 Å². The summed E-state index contributed by atoms with van der Waals surface area (Å²) in [5.74, 6) is 0. The summed E-state index contributed by atoms with van der Waals surface area (Å²) in [7, 11) is 0. The third-order valence-corrected chi connectivity index (χ3v) is 5.24. The molecule has 108 valence electrons. The molecule has 3 rings (SSSR count). The Bertz CT molecular complexity index is 756. The Balaban J connectivity index is 2.22. The number of rotatable bonds is 3. The first-order valence-corrected chi connectivity index (χ1v) is 7.96. The predicted octanol–water partition coefficient (Wildman–Crippen LogP) is 1.37. The first kappa shape index (κ1) is 13.6. The Hall–Kier alpha value is -1.40. The second-order valence-corrected chi connectivity index (χ2v) is 6.53. The highest BCUT2D eigenvalue weighted by atomic mass is 32.1. The second-order valence-electron chi connectivity index (χ2n) is 5.43. The average molecular weight is 293 g/mol. The van der Waals surface area contributed by atoms with Crippen LogP contribution in [0.5, 0.6) is 0 Å². The van der Waals surface area contributed by atoms with Crippen molar-refractivity contribution >= 4 is 21.6 Å². The summed E-state index contributed by atoms with van der Waals surface area (Å²) in [6.07, 6.45) is 4.98. The number of aromatic nitrogens is 2. The van der Waals surface area contributed by atoms with Crippen LogP contribution in [-0.4, -0.2) is 15.6 Å². The van der Waals surface area contributed by atoms with Crippen LogP contribution >= 0.6 is 11.3 Å². The Morgan fingerprint density at radius 2 is 2.10 bits per heavy atom. The van der Waals surface area contributed by atoms with Crippen molar-refractivity contribution < 1.29 is 0 Å². The number of fused-ring (bicyclic) bond motifs is 3. The standard InChI is InChI=1S/C14H19N3O2S/c1-2-8(15)7-17-13(18)11-9-5-3-4-6-10(9)20-12(11)16-14(17)19/h8H,2-7,15H2,1H3,(H,16,19). The minimum atomic E-state index is -0.343. The zero-order valence-electron chi connectivity index (χ0n) is 11.6. The molecule has 0 fully saturated rings. The molecule has 0 amide bonds. The van der Waals surface area contributed by atoms with Gasteiger partial charge >= 0.3 is 5.69 Å². The topological polar surface area (TPSA) is 80.9 Å². The molecule has 1 aliphatic carbocycles. The highest BCUT2D eigenvalue weighted by molar-refractivity contribution is 7.18. The third kappa shape index (κ3) is 2.13.